The molecule has 4 fully saturated rings. The van der Waals surface area contributed by atoms with E-state index in [0.717, 1.165) is 79.1 Å². The number of ether oxygens (including phenoxy) is 1. The highest BCUT2D eigenvalue weighted by Gasteiger charge is 2.35. The first-order valence-corrected chi connectivity index (χ1v) is 13.3. The molecule has 3 saturated heterocycles. The second kappa shape index (κ2) is 9.17. The van der Waals surface area contributed by atoms with Gasteiger partial charge in [-0.05, 0) is 45.0 Å². The second-order valence-corrected chi connectivity index (χ2v) is 10.5. The lowest BCUT2D eigenvalue weighted by atomic mass is 10.1. The Bertz CT molecular complexity index is 1530. The van der Waals surface area contributed by atoms with Crippen molar-refractivity contribution < 1.29 is 9.53 Å². The van der Waals surface area contributed by atoms with Gasteiger partial charge in [-0.2, -0.15) is 0 Å². The number of carbonyl (C=O) groups is 1. The molecule has 1 aliphatic carbocycles. The fourth-order valence-electron chi connectivity index (χ4n) is 5.54. The van der Waals surface area contributed by atoms with Crippen LogP contribution in [0.15, 0.2) is 36.8 Å². The first kappa shape index (κ1) is 23.3. The molecule has 4 aromatic rings. The zero-order valence-corrected chi connectivity index (χ0v) is 21.6. The van der Waals surface area contributed by atoms with Crippen molar-refractivity contribution in [3.8, 4) is 11.4 Å². The van der Waals surface area contributed by atoms with Gasteiger partial charge in [0.25, 0.3) is 0 Å². The zero-order valence-electron chi connectivity index (χ0n) is 21.6. The third kappa shape index (κ3) is 4.21. The van der Waals surface area contributed by atoms with Crippen molar-refractivity contribution in [2.75, 3.05) is 55.4 Å². The van der Waals surface area contributed by atoms with Gasteiger partial charge in [-0.1, -0.05) is 0 Å². The van der Waals surface area contributed by atoms with E-state index in [1.165, 1.54) is 0 Å². The van der Waals surface area contributed by atoms with Crippen LogP contribution in [0.4, 0.5) is 17.3 Å². The van der Waals surface area contributed by atoms with Crippen LogP contribution in [0, 0.1) is 5.92 Å². The summed E-state index contributed by atoms with van der Waals surface area (Å²) in [5, 5.41) is 12.9. The van der Waals surface area contributed by atoms with Crippen LogP contribution in [0.1, 0.15) is 19.8 Å². The Morgan fingerprint density at radius 1 is 1.13 bits per heavy atom. The highest BCUT2D eigenvalue weighted by molar-refractivity contribution is 6.03. The molecule has 38 heavy (non-hydrogen) atoms. The fraction of sp³-hybridized carbons (Fsp3) is 0.444. The maximum absolute atomic E-state index is 12.4. The molecule has 1 saturated carbocycles. The second-order valence-electron chi connectivity index (χ2n) is 10.5. The first-order chi connectivity index (χ1) is 18.6. The van der Waals surface area contributed by atoms with Crippen LogP contribution in [-0.4, -0.2) is 87.4 Å². The summed E-state index contributed by atoms with van der Waals surface area (Å²) in [7, 11) is 2.16. The van der Waals surface area contributed by atoms with E-state index in [0.29, 0.717) is 17.7 Å². The molecule has 2 atom stereocenters. The molecule has 1 amide bonds. The lowest BCUT2D eigenvalue weighted by Crippen LogP contribution is -2.49. The lowest BCUT2D eigenvalue weighted by molar-refractivity contribution is -0.117. The average Bonchev–Trinajstić information content (AvgIpc) is 3.73. The van der Waals surface area contributed by atoms with Crippen molar-refractivity contribution in [3.63, 3.8) is 0 Å². The monoisotopic (exact) mass is 513 g/mol. The van der Waals surface area contributed by atoms with Gasteiger partial charge in [-0.15, -0.1) is 5.10 Å². The van der Waals surface area contributed by atoms with Crippen LogP contribution in [0.3, 0.4) is 0 Å². The summed E-state index contributed by atoms with van der Waals surface area (Å²) >= 11 is 0. The van der Waals surface area contributed by atoms with Gasteiger partial charge in [0, 0.05) is 60.8 Å². The number of aromatic nitrogens is 5. The van der Waals surface area contributed by atoms with Crippen LogP contribution in [0.2, 0.25) is 0 Å². The van der Waals surface area contributed by atoms with Crippen LogP contribution in [0.25, 0.3) is 27.8 Å². The van der Waals surface area contributed by atoms with Crippen LogP contribution in [0.5, 0.6) is 0 Å². The van der Waals surface area contributed by atoms with E-state index in [1.807, 2.05) is 23.6 Å². The maximum atomic E-state index is 12.4. The number of pyridine rings is 3. The molecule has 2 unspecified atom stereocenters. The summed E-state index contributed by atoms with van der Waals surface area (Å²) in [6.45, 7) is 6.28. The number of hydrogen-bond donors (Lipinski definition) is 2. The summed E-state index contributed by atoms with van der Waals surface area (Å²) in [4.78, 5) is 31.1. The van der Waals surface area contributed by atoms with E-state index >= 15 is 0 Å². The van der Waals surface area contributed by atoms with Gasteiger partial charge in [-0.3, -0.25) is 4.79 Å². The van der Waals surface area contributed by atoms with Crippen LogP contribution >= 0.6 is 0 Å². The van der Waals surface area contributed by atoms with Crippen molar-refractivity contribution in [2.45, 2.75) is 31.9 Å². The van der Waals surface area contributed by atoms with E-state index in [1.54, 1.807) is 12.4 Å². The smallest absolute Gasteiger partial charge is 0.228 e. The minimum atomic E-state index is 0.0246. The molecule has 7 heterocycles. The Kier molecular flexibility index (Phi) is 5.62. The molecule has 4 aliphatic rings. The van der Waals surface area contributed by atoms with Crippen molar-refractivity contribution >= 4 is 39.6 Å². The molecule has 2 N–H and O–H groups in total. The van der Waals surface area contributed by atoms with Gasteiger partial charge in [0.2, 0.25) is 5.91 Å². The fourth-order valence-corrected chi connectivity index (χ4v) is 5.54. The minimum Gasteiger partial charge on any atom is -0.373 e. The molecule has 11 nitrogen and oxygen atoms in total. The summed E-state index contributed by atoms with van der Waals surface area (Å²) in [6, 6.07) is 6.34. The Morgan fingerprint density at radius 3 is 2.87 bits per heavy atom. The quantitative estimate of drug-likeness (QED) is 0.402. The molecule has 4 aromatic heterocycles. The number of anilines is 3. The number of morpholine rings is 1. The van der Waals surface area contributed by atoms with E-state index < -0.39 is 0 Å². The van der Waals surface area contributed by atoms with Crippen molar-refractivity contribution in [2.24, 2.45) is 5.92 Å². The number of fused-ring (bicyclic) bond motifs is 6. The van der Waals surface area contributed by atoms with Gasteiger partial charge in [-0.25, -0.2) is 19.5 Å². The average molecular weight is 514 g/mol. The predicted molar refractivity (Wildman–Crippen MR) is 145 cm³/mol. The standard InChI is InChI=1S/C27H31N9O2/c1-3-28-25-21-9-29-23(31-27(37)16-4-5-16)8-20(21)22(10-30-25)26-32-24-7-6-17(12-36(24)33-26)35-14-19-13-34(2)11-18(35)15-38-19/h6-10,12,16,18-19H,3-5,11,13-15H2,1-2H3,(H,28,30)(H,29,31,37). The summed E-state index contributed by atoms with van der Waals surface area (Å²) < 4.78 is 7.87. The lowest BCUT2D eigenvalue weighted by Gasteiger charge is -2.37. The Hall–Kier alpha value is -3.83. The summed E-state index contributed by atoms with van der Waals surface area (Å²) in [6.07, 6.45) is 7.69. The minimum absolute atomic E-state index is 0.0246. The largest absolute Gasteiger partial charge is 0.373 e. The highest BCUT2D eigenvalue weighted by atomic mass is 16.5. The Balaban J connectivity index is 1.27. The summed E-state index contributed by atoms with van der Waals surface area (Å²) in [5.41, 5.74) is 2.67. The molecule has 8 rings (SSSR count). The molecule has 0 radical (unpaired) electrons. The van der Waals surface area contributed by atoms with Crippen molar-refractivity contribution in [3.05, 3.63) is 36.8 Å². The molecule has 0 aromatic carbocycles. The third-order valence-corrected chi connectivity index (χ3v) is 7.61. The molecular weight excluding hydrogens is 482 g/mol. The normalized spacial score (nSPS) is 21.7. The molecule has 196 valence electrons. The number of carbonyl (C=O) groups excluding carboxylic acids is 1. The van der Waals surface area contributed by atoms with Gasteiger partial charge in [0.15, 0.2) is 11.5 Å². The van der Waals surface area contributed by atoms with Gasteiger partial charge < -0.3 is 25.2 Å². The number of nitrogens with one attached hydrogen (secondary N) is 2. The third-order valence-electron chi connectivity index (χ3n) is 7.61. The SMILES string of the molecule is CCNc1ncc(-c2nc3ccc(N4CC5CN(C)CC4CO5)cn3n2)c2cc(NC(=O)C3CC3)ncc12. The van der Waals surface area contributed by atoms with E-state index in [4.69, 9.17) is 14.8 Å². The number of nitrogens with zero attached hydrogens (tertiary/aromatic N) is 7. The number of likely N-dealkylation sites (N-methyl/N-ethyl adjacent to an activating group) is 1. The van der Waals surface area contributed by atoms with Crippen LogP contribution in [-0.2, 0) is 9.53 Å². The maximum Gasteiger partial charge on any atom is 0.228 e. The molecule has 2 bridgehead atoms. The van der Waals surface area contributed by atoms with E-state index in [9.17, 15) is 4.79 Å². The zero-order chi connectivity index (χ0) is 25.8. The number of rotatable bonds is 6. The molecule has 11 heteroatoms. The number of hydrogen-bond acceptors (Lipinski definition) is 9. The van der Waals surface area contributed by atoms with Crippen LogP contribution < -0.4 is 15.5 Å². The molecule has 0 spiro atoms. The van der Waals surface area contributed by atoms with Crippen molar-refractivity contribution in [1.82, 2.24) is 29.5 Å². The molecule has 3 aliphatic heterocycles. The summed E-state index contributed by atoms with van der Waals surface area (Å²) in [5.74, 6) is 1.97. The predicted octanol–water partition coefficient (Wildman–Crippen LogP) is 2.64. The Labute approximate surface area is 220 Å². The van der Waals surface area contributed by atoms with Crippen molar-refractivity contribution in [1.29, 1.82) is 0 Å². The molecular formula is C27H31N9O2. The topological polar surface area (TPSA) is 113 Å². The first-order valence-electron chi connectivity index (χ1n) is 13.3. The van der Waals surface area contributed by atoms with E-state index in [2.05, 4.69) is 49.7 Å². The van der Waals surface area contributed by atoms with Gasteiger partial charge in [0.05, 0.1) is 30.6 Å². The van der Waals surface area contributed by atoms with Gasteiger partial charge in [0.1, 0.15) is 11.6 Å². The van der Waals surface area contributed by atoms with E-state index in [-0.39, 0.29) is 17.9 Å². The number of amides is 1. The van der Waals surface area contributed by atoms with Gasteiger partial charge >= 0.3 is 0 Å². The Morgan fingerprint density at radius 2 is 2.03 bits per heavy atom. The highest BCUT2D eigenvalue weighted by Crippen LogP contribution is 2.34.